The van der Waals surface area contributed by atoms with Crippen molar-refractivity contribution in [1.82, 2.24) is 25.3 Å². The third kappa shape index (κ3) is 3.29. The van der Waals surface area contributed by atoms with E-state index in [4.69, 9.17) is 11.6 Å². The van der Waals surface area contributed by atoms with Gasteiger partial charge in [-0.1, -0.05) is 16.8 Å². The van der Waals surface area contributed by atoms with Crippen LogP contribution >= 0.6 is 11.6 Å². The summed E-state index contributed by atoms with van der Waals surface area (Å²) in [4.78, 5) is 16.0. The number of benzene rings is 1. The van der Waals surface area contributed by atoms with Gasteiger partial charge in [-0.25, -0.2) is 4.68 Å². The molecule has 3 aromatic rings. The number of amides is 1. The highest BCUT2D eigenvalue weighted by Crippen LogP contribution is 2.09. The van der Waals surface area contributed by atoms with Gasteiger partial charge in [0, 0.05) is 16.8 Å². The molecule has 0 aliphatic rings. The van der Waals surface area contributed by atoms with Crippen molar-refractivity contribution in [3.63, 3.8) is 0 Å². The lowest BCUT2D eigenvalue weighted by Gasteiger charge is -2.02. The molecule has 110 valence electrons. The van der Waals surface area contributed by atoms with E-state index in [2.05, 4.69) is 20.6 Å². The van der Waals surface area contributed by atoms with E-state index in [0.717, 1.165) is 5.69 Å². The quantitative estimate of drug-likeness (QED) is 0.802. The van der Waals surface area contributed by atoms with Crippen molar-refractivity contribution in [1.29, 1.82) is 0 Å². The van der Waals surface area contributed by atoms with Crippen LogP contribution in [0.1, 0.15) is 16.1 Å². The SMILES string of the molecule is O=C(NCc1cn(-c2cccnc2)nn1)c1ccc(Cl)cc1. The summed E-state index contributed by atoms with van der Waals surface area (Å²) < 4.78 is 1.61. The van der Waals surface area contributed by atoms with E-state index in [-0.39, 0.29) is 5.91 Å². The minimum absolute atomic E-state index is 0.187. The first-order chi connectivity index (χ1) is 10.7. The lowest BCUT2D eigenvalue weighted by atomic mass is 10.2. The Hall–Kier alpha value is -2.73. The van der Waals surface area contributed by atoms with E-state index < -0.39 is 0 Å². The number of pyridine rings is 1. The van der Waals surface area contributed by atoms with Crippen LogP contribution in [0.3, 0.4) is 0 Å². The van der Waals surface area contributed by atoms with Gasteiger partial charge in [-0.3, -0.25) is 9.78 Å². The van der Waals surface area contributed by atoms with Gasteiger partial charge >= 0.3 is 0 Å². The van der Waals surface area contributed by atoms with Gasteiger partial charge in [0.2, 0.25) is 0 Å². The number of carbonyl (C=O) groups excluding carboxylic acids is 1. The summed E-state index contributed by atoms with van der Waals surface area (Å²) in [6.45, 7) is 0.293. The van der Waals surface area contributed by atoms with Gasteiger partial charge in [0.05, 0.1) is 24.6 Å². The molecule has 22 heavy (non-hydrogen) atoms. The van der Waals surface area contributed by atoms with E-state index in [9.17, 15) is 4.79 Å². The molecule has 0 bridgehead atoms. The molecular weight excluding hydrogens is 302 g/mol. The van der Waals surface area contributed by atoms with Crippen LogP contribution in [0.15, 0.2) is 55.0 Å². The zero-order chi connectivity index (χ0) is 15.4. The first-order valence-electron chi connectivity index (χ1n) is 6.58. The smallest absolute Gasteiger partial charge is 0.251 e. The first-order valence-corrected chi connectivity index (χ1v) is 6.95. The molecule has 7 heteroatoms. The maximum Gasteiger partial charge on any atom is 0.251 e. The molecule has 3 rings (SSSR count). The Kier molecular flexibility index (Phi) is 4.11. The summed E-state index contributed by atoms with van der Waals surface area (Å²) >= 11 is 5.79. The molecule has 0 spiro atoms. The number of nitrogens with one attached hydrogen (secondary N) is 1. The monoisotopic (exact) mass is 313 g/mol. The topological polar surface area (TPSA) is 72.7 Å². The average Bonchev–Trinajstić information content (AvgIpc) is 3.03. The predicted octanol–water partition coefficient (Wildman–Crippen LogP) is 2.25. The minimum atomic E-state index is -0.187. The van der Waals surface area contributed by atoms with Crippen LogP contribution in [0.4, 0.5) is 0 Å². The zero-order valence-electron chi connectivity index (χ0n) is 11.5. The summed E-state index contributed by atoms with van der Waals surface area (Å²) in [7, 11) is 0. The molecule has 0 atom stereocenters. The maximum absolute atomic E-state index is 12.0. The fraction of sp³-hybridized carbons (Fsp3) is 0.0667. The highest BCUT2D eigenvalue weighted by molar-refractivity contribution is 6.30. The molecule has 1 N–H and O–H groups in total. The van der Waals surface area contributed by atoms with Crippen LogP contribution in [0.2, 0.25) is 5.02 Å². The van der Waals surface area contributed by atoms with Gasteiger partial charge in [0.15, 0.2) is 0 Å². The van der Waals surface area contributed by atoms with Gasteiger partial charge in [0.1, 0.15) is 5.69 Å². The van der Waals surface area contributed by atoms with Gasteiger partial charge in [-0.05, 0) is 36.4 Å². The molecule has 0 saturated heterocycles. The average molecular weight is 314 g/mol. The second-order valence-electron chi connectivity index (χ2n) is 4.56. The van der Waals surface area contributed by atoms with E-state index in [1.165, 1.54) is 0 Å². The number of nitrogens with zero attached hydrogens (tertiary/aromatic N) is 4. The fourth-order valence-corrected chi connectivity index (χ4v) is 2.00. The van der Waals surface area contributed by atoms with Crippen molar-refractivity contribution >= 4 is 17.5 Å². The highest BCUT2D eigenvalue weighted by atomic mass is 35.5. The number of aromatic nitrogens is 4. The van der Waals surface area contributed by atoms with Crippen molar-refractivity contribution in [2.45, 2.75) is 6.54 Å². The number of carbonyl (C=O) groups is 1. The molecule has 2 heterocycles. The van der Waals surface area contributed by atoms with Crippen LogP contribution in [0.25, 0.3) is 5.69 Å². The first kappa shape index (κ1) is 14.2. The largest absolute Gasteiger partial charge is 0.346 e. The fourth-order valence-electron chi connectivity index (χ4n) is 1.87. The highest BCUT2D eigenvalue weighted by Gasteiger charge is 2.07. The molecule has 2 aromatic heterocycles. The predicted molar refractivity (Wildman–Crippen MR) is 81.8 cm³/mol. The summed E-state index contributed by atoms with van der Waals surface area (Å²) in [5.74, 6) is -0.187. The third-order valence-corrected chi connectivity index (χ3v) is 3.24. The lowest BCUT2D eigenvalue weighted by Crippen LogP contribution is -2.22. The van der Waals surface area contributed by atoms with Gasteiger partial charge < -0.3 is 5.32 Å². The van der Waals surface area contributed by atoms with Crippen molar-refractivity contribution in [2.75, 3.05) is 0 Å². The van der Waals surface area contributed by atoms with Crippen LogP contribution in [-0.2, 0) is 6.54 Å². The Labute approximate surface area is 131 Å². The minimum Gasteiger partial charge on any atom is -0.346 e. The standard InChI is InChI=1S/C15H12ClN5O/c16-12-5-3-11(4-6-12)15(22)18-8-13-10-21(20-19-13)14-2-1-7-17-9-14/h1-7,9-10H,8H2,(H,18,22). The zero-order valence-corrected chi connectivity index (χ0v) is 12.2. The van der Waals surface area contributed by atoms with E-state index in [1.807, 2.05) is 12.1 Å². The van der Waals surface area contributed by atoms with E-state index >= 15 is 0 Å². The van der Waals surface area contributed by atoms with Crippen LogP contribution in [0.5, 0.6) is 0 Å². The lowest BCUT2D eigenvalue weighted by molar-refractivity contribution is 0.0950. The molecule has 0 aliphatic heterocycles. The number of halogens is 1. The van der Waals surface area contributed by atoms with E-state index in [0.29, 0.717) is 22.8 Å². The van der Waals surface area contributed by atoms with Crippen molar-refractivity contribution < 1.29 is 4.79 Å². The van der Waals surface area contributed by atoms with Crippen LogP contribution < -0.4 is 5.32 Å². The molecular formula is C15H12ClN5O. The van der Waals surface area contributed by atoms with Crippen molar-refractivity contribution in [3.05, 3.63) is 71.3 Å². The second-order valence-corrected chi connectivity index (χ2v) is 4.99. The summed E-state index contributed by atoms with van der Waals surface area (Å²) in [6.07, 6.45) is 5.12. The molecule has 1 amide bonds. The summed E-state index contributed by atoms with van der Waals surface area (Å²) in [5, 5.41) is 11.4. The van der Waals surface area contributed by atoms with Gasteiger partial charge in [-0.2, -0.15) is 0 Å². The molecule has 0 saturated carbocycles. The molecule has 0 unspecified atom stereocenters. The van der Waals surface area contributed by atoms with E-state index in [1.54, 1.807) is 47.5 Å². The maximum atomic E-state index is 12.0. The molecule has 0 radical (unpaired) electrons. The van der Waals surface area contributed by atoms with Crippen LogP contribution in [-0.4, -0.2) is 25.9 Å². The Balaban J connectivity index is 1.64. The Morgan fingerprint density at radius 2 is 2.05 bits per heavy atom. The molecule has 6 nitrogen and oxygen atoms in total. The number of hydrogen-bond acceptors (Lipinski definition) is 4. The summed E-state index contributed by atoms with van der Waals surface area (Å²) in [6, 6.07) is 10.4. The van der Waals surface area contributed by atoms with Crippen molar-refractivity contribution in [3.8, 4) is 5.69 Å². The second kappa shape index (κ2) is 6.36. The van der Waals surface area contributed by atoms with Crippen LogP contribution in [0, 0.1) is 0 Å². The summed E-state index contributed by atoms with van der Waals surface area (Å²) in [5.41, 5.74) is 2.01. The van der Waals surface area contributed by atoms with Gasteiger partial charge in [-0.15, -0.1) is 5.10 Å². The van der Waals surface area contributed by atoms with Crippen molar-refractivity contribution in [2.24, 2.45) is 0 Å². The Morgan fingerprint density at radius 1 is 1.23 bits per heavy atom. The molecule has 1 aromatic carbocycles. The Bertz CT molecular complexity index is 770. The molecule has 0 aliphatic carbocycles. The normalized spacial score (nSPS) is 10.4. The van der Waals surface area contributed by atoms with Gasteiger partial charge in [0.25, 0.3) is 5.91 Å². The Morgan fingerprint density at radius 3 is 2.77 bits per heavy atom. The molecule has 0 fully saturated rings. The number of hydrogen-bond donors (Lipinski definition) is 1. The number of rotatable bonds is 4. The third-order valence-electron chi connectivity index (χ3n) is 2.99.